The minimum absolute atomic E-state index is 0.00798. The lowest BCUT2D eigenvalue weighted by Crippen LogP contribution is -2.03. The van der Waals surface area contributed by atoms with E-state index in [4.69, 9.17) is 0 Å². The van der Waals surface area contributed by atoms with Crippen molar-refractivity contribution in [3.05, 3.63) is 35.4 Å². The first kappa shape index (κ1) is 15.3. The Morgan fingerprint density at radius 3 is 2.11 bits per heavy atom. The van der Waals surface area contributed by atoms with E-state index >= 15 is 0 Å². The molecule has 0 fully saturated rings. The van der Waals surface area contributed by atoms with Gasteiger partial charge in [0, 0.05) is 31.2 Å². The Bertz CT molecular complexity index is 457. The predicted molar refractivity (Wildman–Crippen MR) is 74.3 cm³/mol. The van der Waals surface area contributed by atoms with E-state index < -0.39 is 0 Å². The predicted octanol–water partition coefficient (Wildman–Crippen LogP) is 3.15. The molecule has 102 valence electrons. The van der Waals surface area contributed by atoms with Crippen molar-refractivity contribution in [2.24, 2.45) is 0 Å². The van der Waals surface area contributed by atoms with Gasteiger partial charge in [0.25, 0.3) is 0 Å². The maximum atomic E-state index is 11.8. The number of hydrogen-bond acceptors (Lipinski definition) is 3. The van der Waals surface area contributed by atoms with Gasteiger partial charge in [-0.1, -0.05) is 31.2 Å². The molecule has 1 aromatic rings. The molecule has 0 bridgehead atoms. The number of benzene rings is 1. The van der Waals surface area contributed by atoms with Crippen molar-refractivity contribution in [1.82, 2.24) is 0 Å². The number of ketones is 3. The molecule has 1 rings (SSSR count). The first-order valence-corrected chi connectivity index (χ1v) is 6.66. The minimum atomic E-state index is -0.00798. The molecule has 0 N–H and O–H groups in total. The van der Waals surface area contributed by atoms with Crippen molar-refractivity contribution in [2.45, 2.75) is 46.0 Å². The highest BCUT2D eigenvalue weighted by molar-refractivity contribution is 5.97. The molecular weight excluding hydrogens is 240 g/mol. The lowest BCUT2D eigenvalue weighted by atomic mass is 10.0. The van der Waals surface area contributed by atoms with Gasteiger partial charge in [-0.3, -0.25) is 9.59 Å². The van der Waals surface area contributed by atoms with Crippen LogP contribution in [0.5, 0.6) is 0 Å². The van der Waals surface area contributed by atoms with Gasteiger partial charge in [-0.15, -0.1) is 0 Å². The summed E-state index contributed by atoms with van der Waals surface area (Å²) in [5.74, 6) is 0.274. The molecule has 0 saturated carbocycles. The van der Waals surface area contributed by atoms with Gasteiger partial charge in [-0.25, -0.2) is 0 Å². The average Bonchev–Trinajstić information content (AvgIpc) is 2.42. The van der Waals surface area contributed by atoms with Crippen LogP contribution >= 0.6 is 0 Å². The third kappa shape index (κ3) is 5.60. The van der Waals surface area contributed by atoms with Crippen molar-refractivity contribution in [1.29, 1.82) is 0 Å². The van der Waals surface area contributed by atoms with Crippen molar-refractivity contribution in [2.75, 3.05) is 0 Å². The summed E-state index contributed by atoms with van der Waals surface area (Å²) >= 11 is 0. The zero-order chi connectivity index (χ0) is 14.3. The molecule has 0 aliphatic rings. The molecular formula is C16H20O3. The number of carbonyl (C=O) groups is 3. The molecule has 0 heterocycles. The normalized spacial score (nSPS) is 10.2. The summed E-state index contributed by atoms with van der Waals surface area (Å²) in [5.41, 5.74) is 1.69. The van der Waals surface area contributed by atoms with E-state index in [1.54, 1.807) is 12.1 Å². The van der Waals surface area contributed by atoms with E-state index in [0.29, 0.717) is 31.2 Å². The maximum absolute atomic E-state index is 11.8. The summed E-state index contributed by atoms with van der Waals surface area (Å²) in [7, 11) is 0. The highest BCUT2D eigenvalue weighted by Gasteiger charge is 2.07. The Morgan fingerprint density at radius 1 is 0.947 bits per heavy atom. The first-order chi connectivity index (χ1) is 9.02. The monoisotopic (exact) mass is 260 g/mol. The molecule has 0 atom stereocenters. The van der Waals surface area contributed by atoms with E-state index in [2.05, 4.69) is 0 Å². The summed E-state index contributed by atoms with van der Waals surface area (Å²) < 4.78 is 0. The lowest BCUT2D eigenvalue weighted by Gasteiger charge is -2.03. The maximum Gasteiger partial charge on any atom is 0.163 e. The van der Waals surface area contributed by atoms with Gasteiger partial charge < -0.3 is 4.79 Å². The van der Waals surface area contributed by atoms with Crippen LogP contribution < -0.4 is 0 Å². The van der Waals surface area contributed by atoms with Crippen molar-refractivity contribution in [3.8, 4) is 0 Å². The third-order valence-corrected chi connectivity index (χ3v) is 3.07. The summed E-state index contributed by atoms with van der Waals surface area (Å²) in [5, 5.41) is 0. The second-order valence-corrected chi connectivity index (χ2v) is 4.71. The van der Waals surface area contributed by atoms with Crippen LogP contribution in [-0.4, -0.2) is 17.3 Å². The number of carbonyl (C=O) groups excluding carboxylic acids is 3. The fourth-order valence-electron chi connectivity index (χ4n) is 1.75. The van der Waals surface area contributed by atoms with Crippen molar-refractivity contribution >= 4 is 17.3 Å². The van der Waals surface area contributed by atoms with Crippen molar-refractivity contribution < 1.29 is 14.4 Å². The Morgan fingerprint density at radius 2 is 1.58 bits per heavy atom. The highest BCUT2D eigenvalue weighted by Crippen LogP contribution is 2.10. The Balaban J connectivity index is 2.53. The Labute approximate surface area is 114 Å². The zero-order valence-electron chi connectivity index (χ0n) is 11.6. The molecule has 0 aromatic heterocycles. The first-order valence-electron chi connectivity index (χ1n) is 6.66. The number of Topliss-reactive ketones (excluding diaryl/α,β-unsaturated/α-hetero) is 3. The van der Waals surface area contributed by atoms with E-state index in [1.165, 1.54) is 6.92 Å². The molecule has 3 nitrogen and oxygen atoms in total. The van der Waals surface area contributed by atoms with E-state index in [0.717, 1.165) is 5.56 Å². The van der Waals surface area contributed by atoms with Gasteiger partial charge >= 0.3 is 0 Å². The largest absolute Gasteiger partial charge is 0.300 e. The summed E-state index contributed by atoms with van der Waals surface area (Å²) in [6.45, 7) is 3.35. The minimum Gasteiger partial charge on any atom is -0.300 e. The van der Waals surface area contributed by atoms with Gasteiger partial charge in [0.1, 0.15) is 11.6 Å². The van der Waals surface area contributed by atoms with E-state index in [1.807, 2.05) is 19.1 Å². The fourth-order valence-corrected chi connectivity index (χ4v) is 1.75. The van der Waals surface area contributed by atoms with E-state index in [9.17, 15) is 14.4 Å². The lowest BCUT2D eigenvalue weighted by molar-refractivity contribution is -0.119. The van der Waals surface area contributed by atoms with Gasteiger partial charge in [0.2, 0.25) is 0 Å². The second-order valence-electron chi connectivity index (χ2n) is 4.71. The van der Waals surface area contributed by atoms with Gasteiger partial charge in [-0.2, -0.15) is 0 Å². The fraction of sp³-hybridized carbons (Fsp3) is 0.438. The number of aryl methyl sites for hydroxylation is 1. The van der Waals surface area contributed by atoms with Crippen LogP contribution in [0.2, 0.25) is 0 Å². The van der Waals surface area contributed by atoms with Crippen LogP contribution in [0.1, 0.15) is 55.5 Å². The SMILES string of the molecule is CCC(=O)CCc1ccc(C(=O)CCC(C)=O)cc1. The van der Waals surface area contributed by atoms with E-state index in [-0.39, 0.29) is 23.8 Å². The van der Waals surface area contributed by atoms with Crippen LogP contribution in [0.4, 0.5) is 0 Å². The molecule has 1 aromatic carbocycles. The molecule has 0 amide bonds. The molecule has 19 heavy (non-hydrogen) atoms. The number of hydrogen-bond donors (Lipinski definition) is 0. The number of rotatable bonds is 8. The Kier molecular flexibility index (Phi) is 6.13. The molecule has 3 heteroatoms. The Hall–Kier alpha value is -1.77. The third-order valence-electron chi connectivity index (χ3n) is 3.07. The highest BCUT2D eigenvalue weighted by atomic mass is 16.1. The average molecular weight is 260 g/mol. The standard InChI is InChI=1S/C16H20O3/c1-3-15(18)10-7-13-5-8-14(9-6-13)16(19)11-4-12(2)17/h5-6,8-9H,3-4,7,10-11H2,1-2H3. The molecule has 0 aliphatic carbocycles. The van der Waals surface area contributed by atoms with Gasteiger partial charge in [0.05, 0.1) is 0 Å². The van der Waals surface area contributed by atoms with Crippen LogP contribution in [0, 0.1) is 0 Å². The quantitative estimate of drug-likeness (QED) is 0.675. The van der Waals surface area contributed by atoms with Crippen LogP contribution in [-0.2, 0) is 16.0 Å². The molecule has 0 unspecified atom stereocenters. The van der Waals surface area contributed by atoms with Crippen LogP contribution in [0.15, 0.2) is 24.3 Å². The van der Waals surface area contributed by atoms with Gasteiger partial charge in [-0.05, 0) is 18.9 Å². The van der Waals surface area contributed by atoms with Crippen LogP contribution in [0.25, 0.3) is 0 Å². The summed E-state index contributed by atoms with van der Waals surface area (Å²) in [6, 6.07) is 7.30. The van der Waals surface area contributed by atoms with Gasteiger partial charge in [0.15, 0.2) is 5.78 Å². The summed E-state index contributed by atoms with van der Waals surface area (Å²) in [4.78, 5) is 33.8. The smallest absolute Gasteiger partial charge is 0.163 e. The van der Waals surface area contributed by atoms with Crippen LogP contribution in [0.3, 0.4) is 0 Å². The molecule has 0 radical (unpaired) electrons. The topological polar surface area (TPSA) is 51.2 Å². The second kappa shape index (κ2) is 7.62. The molecule has 0 saturated heterocycles. The van der Waals surface area contributed by atoms with Crippen molar-refractivity contribution in [3.63, 3.8) is 0 Å². The summed E-state index contributed by atoms with van der Waals surface area (Å²) in [6.07, 6.45) is 2.40. The zero-order valence-corrected chi connectivity index (χ0v) is 11.6. The molecule has 0 aliphatic heterocycles. The molecule has 0 spiro atoms.